The van der Waals surface area contributed by atoms with Crippen molar-refractivity contribution in [1.82, 2.24) is 4.90 Å². The van der Waals surface area contributed by atoms with Crippen molar-refractivity contribution in [2.24, 2.45) is 5.73 Å². The number of hydrogen-bond acceptors (Lipinski definition) is 4. The Morgan fingerprint density at radius 3 is 2.33 bits per heavy atom. The van der Waals surface area contributed by atoms with Gasteiger partial charge < -0.3 is 5.73 Å². The van der Waals surface area contributed by atoms with Gasteiger partial charge in [-0.3, -0.25) is 4.84 Å². The van der Waals surface area contributed by atoms with Gasteiger partial charge in [0.1, 0.15) is 13.4 Å². The van der Waals surface area contributed by atoms with E-state index in [1.165, 1.54) is 17.2 Å². The Labute approximate surface area is 103 Å². The van der Waals surface area contributed by atoms with Crippen molar-refractivity contribution in [3.05, 3.63) is 29.8 Å². The Morgan fingerprint density at radius 1 is 1.28 bits per heavy atom. The van der Waals surface area contributed by atoms with Gasteiger partial charge in [0.05, 0.1) is 17.4 Å². The predicted octanol–water partition coefficient (Wildman–Crippen LogP) is 1.98. The van der Waals surface area contributed by atoms with Gasteiger partial charge in [-0.1, -0.05) is 0 Å². The number of halogens is 3. The first-order chi connectivity index (χ1) is 8.38. The second kappa shape index (κ2) is 4.75. The SMILES string of the molecule is C[C@@H](N)N1CON(c2ccc(C(F)(F)F)cc2)C1. The van der Waals surface area contributed by atoms with Crippen molar-refractivity contribution in [3.63, 3.8) is 0 Å². The zero-order valence-electron chi connectivity index (χ0n) is 9.81. The van der Waals surface area contributed by atoms with Crippen LogP contribution >= 0.6 is 0 Å². The zero-order valence-corrected chi connectivity index (χ0v) is 9.81. The fourth-order valence-electron chi connectivity index (χ4n) is 1.61. The van der Waals surface area contributed by atoms with Crippen LogP contribution in [0.15, 0.2) is 24.3 Å². The second-order valence-electron chi connectivity index (χ2n) is 4.15. The van der Waals surface area contributed by atoms with E-state index >= 15 is 0 Å². The standard InChI is InChI=1S/C11H14F3N3O/c1-8(15)16-6-17(18-7-16)10-4-2-9(3-5-10)11(12,13)14/h2-5,8H,6-7,15H2,1H3/t8-/m0/s1. The van der Waals surface area contributed by atoms with E-state index in [1.807, 2.05) is 11.8 Å². The van der Waals surface area contributed by atoms with Gasteiger partial charge in [0.2, 0.25) is 0 Å². The molecule has 18 heavy (non-hydrogen) atoms. The lowest BCUT2D eigenvalue weighted by atomic mass is 10.2. The van der Waals surface area contributed by atoms with Crippen molar-refractivity contribution in [2.75, 3.05) is 18.5 Å². The third-order valence-corrected chi connectivity index (χ3v) is 2.75. The lowest BCUT2D eigenvalue weighted by Crippen LogP contribution is -2.39. The predicted molar refractivity (Wildman–Crippen MR) is 60.2 cm³/mol. The Balaban J connectivity index is 2.07. The number of anilines is 1. The molecule has 7 heteroatoms. The molecule has 2 rings (SSSR count). The van der Waals surface area contributed by atoms with Crippen LogP contribution < -0.4 is 10.8 Å². The summed E-state index contributed by atoms with van der Waals surface area (Å²) in [4.78, 5) is 7.18. The molecule has 0 spiro atoms. The zero-order chi connectivity index (χ0) is 13.3. The Hall–Kier alpha value is -1.31. The summed E-state index contributed by atoms with van der Waals surface area (Å²) in [6.45, 7) is 2.58. The average Bonchev–Trinajstić information content (AvgIpc) is 2.77. The minimum Gasteiger partial charge on any atom is -0.316 e. The fraction of sp³-hybridized carbons (Fsp3) is 0.455. The molecule has 4 nitrogen and oxygen atoms in total. The average molecular weight is 261 g/mol. The molecule has 1 fully saturated rings. The van der Waals surface area contributed by atoms with Crippen LogP contribution in [-0.4, -0.2) is 24.5 Å². The first kappa shape index (κ1) is 13.1. The highest BCUT2D eigenvalue weighted by molar-refractivity contribution is 5.46. The molecule has 0 amide bonds. The van der Waals surface area contributed by atoms with E-state index in [9.17, 15) is 13.2 Å². The molecule has 0 saturated carbocycles. The van der Waals surface area contributed by atoms with E-state index in [1.54, 1.807) is 0 Å². The van der Waals surface area contributed by atoms with Gasteiger partial charge in [0.25, 0.3) is 0 Å². The van der Waals surface area contributed by atoms with Crippen molar-refractivity contribution < 1.29 is 18.0 Å². The van der Waals surface area contributed by atoms with Gasteiger partial charge in [-0.25, -0.2) is 9.96 Å². The molecule has 2 N–H and O–H groups in total. The van der Waals surface area contributed by atoms with Gasteiger partial charge in [-0.15, -0.1) is 0 Å². The highest BCUT2D eigenvalue weighted by Crippen LogP contribution is 2.31. The van der Waals surface area contributed by atoms with Gasteiger partial charge in [-0.2, -0.15) is 13.2 Å². The molecule has 1 saturated heterocycles. The molecule has 1 aliphatic heterocycles. The summed E-state index contributed by atoms with van der Waals surface area (Å²) in [5.41, 5.74) is 5.59. The number of hydrogen-bond donors (Lipinski definition) is 1. The Kier molecular flexibility index (Phi) is 3.47. The fourth-order valence-corrected chi connectivity index (χ4v) is 1.61. The molecule has 1 heterocycles. The normalized spacial score (nSPS) is 19.3. The molecule has 0 aliphatic carbocycles. The Bertz CT molecular complexity index is 405. The molecule has 1 aliphatic rings. The third-order valence-electron chi connectivity index (χ3n) is 2.75. The minimum absolute atomic E-state index is 0.163. The van der Waals surface area contributed by atoms with Crippen molar-refractivity contribution in [1.29, 1.82) is 0 Å². The highest BCUT2D eigenvalue weighted by atomic mass is 19.4. The van der Waals surface area contributed by atoms with E-state index in [-0.39, 0.29) is 6.17 Å². The summed E-state index contributed by atoms with van der Waals surface area (Å²) in [7, 11) is 0. The van der Waals surface area contributed by atoms with Crippen LogP contribution in [0.1, 0.15) is 12.5 Å². The first-order valence-corrected chi connectivity index (χ1v) is 5.45. The summed E-state index contributed by atoms with van der Waals surface area (Å²) in [5, 5.41) is 1.52. The van der Waals surface area contributed by atoms with Crippen LogP contribution in [0.25, 0.3) is 0 Å². The number of alkyl halides is 3. The Morgan fingerprint density at radius 2 is 1.89 bits per heavy atom. The summed E-state index contributed by atoms with van der Waals surface area (Å²) < 4.78 is 37.2. The summed E-state index contributed by atoms with van der Waals surface area (Å²) >= 11 is 0. The van der Waals surface area contributed by atoms with Crippen molar-refractivity contribution in [2.45, 2.75) is 19.3 Å². The smallest absolute Gasteiger partial charge is 0.316 e. The van der Waals surface area contributed by atoms with Crippen LogP contribution in [0, 0.1) is 0 Å². The number of benzene rings is 1. The quantitative estimate of drug-likeness (QED) is 0.884. The van der Waals surface area contributed by atoms with E-state index in [2.05, 4.69) is 0 Å². The molecule has 0 unspecified atom stereocenters. The van der Waals surface area contributed by atoms with Crippen LogP contribution in [0.4, 0.5) is 18.9 Å². The number of hydroxylamine groups is 1. The molecule has 100 valence electrons. The van der Waals surface area contributed by atoms with E-state index < -0.39 is 11.7 Å². The molecule has 1 aromatic rings. The maximum absolute atomic E-state index is 12.4. The van der Waals surface area contributed by atoms with Gasteiger partial charge in [-0.05, 0) is 31.2 Å². The molecule has 0 radical (unpaired) electrons. The van der Waals surface area contributed by atoms with E-state index in [0.717, 1.165) is 12.1 Å². The van der Waals surface area contributed by atoms with Crippen LogP contribution in [0.5, 0.6) is 0 Å². The second-order valence-corrected chi connectivity index (χ2v) is 4.15. The lowest BCUT2D eigenvalue weighted by molar-refractivity contribution is -0.137. The monoisotopic (exact) mass is 261 g/mol. The molecule has 0 aromatic heterocycles. The van der Waals surface area contributed by atoms with Crippen molar-refractivity contribution >= 4 is 5.69 Å². The van der Waals surface area contributed by atoms with Crippen LogP contribution in [0.2, 0.25) is 0 Å². The first-order valence-electron chi connectivity index (χ1n) is 5.45. The molecule has 1 aromatic carbocycles. The number of rotatable bonds is 2. The number of nitrogens with two attached hydrogens (primary N) is 1. The van der Waals surface area contributed by atoms with Crippen molar-refractivity contribution in [3.8, 4) is 0 Å². The maximum atomic E-state index is 12.4. The summed E-state index contributed by atoms with van der Waals surface area (Å²) in [6.07, 6.45) is -4.48. The van der Waals surface area contributed by atoms with Gasteiger partial charge in [0.15, 0.2) is 0 Å². The van der Waals surface area contributed by atoms with Crippen LogP contribution in [-0.2, 0) is 11.0 Å². The maximum Gasteiger partial charge on any atom is 0.416 e. The van der Waals surface area contributed by atoms with Gasteiger partial charge in [0, 0.05) is 0 Å². The number of nitrogens with zero attached hydrogens (tertiary/aromatic N) is 2. The largest absolute Gasteiger partial charge is 0.416 e. The molecule has 1 atom stereocenters. The molecule has 0 bridgehead atoms. The van der Waals surface area contributed by atoms with E-state index in [0.29, 0.717) is 19.1 Å². The van der Waals surface area contributed by atoms with Gasteiger partial charge >= 0.3 is 6.18 Å². The molecular weight excluding hydrogens is 247 g/mol. The lowest BCUT2D eigenvalue weighted by Gasteiger charge is -2.19. The summed E-state index contributed by atoms with van der Waals surface area (Å²) in [5.74, 6) is 0. The van der Waals surface area contributed by atoms with Crippen LogP contribution in [0.3, 0.4) is 0 Å². The topological polar surface area (TPSA) is 41.7 Å². The molecular formula is C11H14F3N3O. The minimum atomic E-state index is -4.32. The highest BCUT2D eigenvalue weighted by Gasteiger charge is 2.30. The summed E-state index contributed by atoms with van der Waals surface area (Å²) in [6, 6.07) is 4.83. The third kappa shape index (κ3) is 2.74. The van der Waals surface area contributed by atoms with E-state index in [4.69, 9.17) is 10.6 Å².